The first-order valence-corrected chi connectivity index (χ1v) is 11.3. The lowest BCUT2D eigenvalue weighted by atomic mass is 9.95. The van der Waals surface area contributed by atoms with Crippen LogP contribution in [0.4, 0.5) is 11.6 Å². The first-order valence-electron chi connectivity index (χ1n) is 11.3. The molecule has 36 heavy (non-hydrogen) atoms. The van der Waals surface area contributed by atoms with Crippen LogP contribution in [0.3, 0.4) is 0 Å². The summed E-state index contributed by atoms with van der Waals surface area (Å²) >= 11 is 0. The molecule has 5 rings (SSSR count). The van der Waals surface area contributed by atoms with Crippen molar-refractivity contribution in [2.75, 3.05) is 24.9 Å². The largest absolute Gasteiger partial charge is 0.508 e. The van der Waals surface area contributed by atoms with Gasteiger partial charge < -0.3 is 25.2 Å². The number of phenolic OH excluding ortho intramolecular Hbond substituents is 1. The monoisotopic (exact) mass is 483 g/mol. The lowest BCUT2D eigenvalue weighted by Crippen LogP contribution is -2.31. The second-order valence-corrected chi connectivity index (χ2v) is 8.28. The number of hydrogen-bond acceptors (Lipinski definition) is 7. The highest BCUT2D eigenvalue weighted by atomic mass is 16.5. The molecule has 2 heterocycles. The van der Waals surface area contributed by atoms with Gasteiger partial charge in [-0.05, 0) is 48.9 Å². The molecule has 1 aliphatic heterocycles. The fraction of sp³-hybridized carbons (Fsp3) is 0.148. The molecule has 1 aromatic heterocycles. The maximum Gasteiger partial charge on any atom is 0.255 e. The number of allylic oxidation sites excluding steroid dienone is 1. The van der Waals surface area contributed by atoms with E-state index in [4.69, 9.17) is 19.6 Å². The number of amides is 1. The summed E-state index contributed by atoms with van der Waals surface area (Å²) in [7, 11) is 3.16. The number of aromatic hydroxyl groups is 1. The Morgan fingerprint density at radius 3 is 2.31 bits per heavy atom. The summed E-state index contributed by atoms with van der Waals surface area (Å²) in [6.07, 6.45) is 0. The van der Waals surface area contributed by atoms with Gasteiger partial charge in [-0.25, -0.2) is 4.68 Å². The minimum Gasteiger partial charge on any atom is -0.508 e. The minimum atomic E-state index is -0.584. The van der Waals surface area contributed by atoms with Gasteiger partial charge in [0, 0.05) is 23.0 Å². The van der Waals surface area contributed by atoms with E-state index >= 15 is 0 Å². The second-order valence-electron chi connectivity index (χ2n) is 8.28. The predicted octanol–water partition coefficient (Wildman–Crippen LogP) is 4.60. The van der Waals surface area contributed by atoms with Crippen LogP contribution in [0.15, 0.2) is 84.1 Å². The molecular weight excluding hydrogens is 458 g/mol. The summed E-state index contributed by atoms with van der Waals surface area (Å²) in [6.45, 7) is 1.83. The number of rotatable bonds is 6. The maximum absolute atomic E-state index is 13.5. The van der Waals surface area contributed by atoms with E-state index < -0.39 is 6.04 Å². The van der Waals surface area contributed by atoms with Crippen molar-refractivity contribution in [2.45, 2.75) is 13.0 Å². The van der Waals surface area contributed by atoms with E-state index in [0.717, 1.165) is 5.56 Å². The van der Waals surface area contributed by atoms with Crippen molar-refractivity contribution in [3.8, 4) is 28.6 Å². The van der Waals surface area contributed by atoms with Crippen LogP contribution in [0.5, 0.6) is 17.2 Å². The molecule has 0 aliphatic carbocycles. The predicted molar refractivity (Wildman–Crippen MR) is 136 cm³/mol. The molecule has 9 nitrogen and oxygen atoms in total. The van der Waals surface area contributed by atoms with Crippen LogP contribution in [-0.4, -0.2) is 40.0 Å². The van der Waals surface area contributed by atoms with E-state index in [1.54, 1.807) is 49.2 Å². The van der Waals surface area contributed by atoms with Gasteiger partial charge in [-0.2, -0.15) is 4.98 Å². The number of ether oxygens (including phenoxy) is 2. The van der Waals surface area contributed by atoms with E-state index in [9.17, 15) is 9.90 Å². The summed E-state index contributed by atoms with van der Waals surface area (Å²) in [6, 6.07) is 20.8. The molecular formula is C27H25N5O4. The Bertz CT molecular complexity index is 1420. The number of anilines is 2. The van der Waals surface area contributed by atoms with Gasteiger partial charge >= 0.3 is 0 Å². The molecule has 1 unspecified atom stereocenters. The van der Waals surface area contributed by atoms with E-state index in [1.807, 2.05) is 49.4 Å². The van der Waals surface area contributed by atoms with Crippen LogP contribution in [0, 0.1) is 0 Å². The highest BCUT2D eigenvalue weighted by molar-refractivity contribution is 6.06. The van der Waals surface area contributed by atoms with Gasteiger partial charge in [-0.1, -0.05) is 30.3 Å². The van der Waals surface area contributed by atoms with Crippen molar-refractivity contribution in [2.24, 2.45) is 0 Å². The SMILES string of the molecule is COc1cc(OC)cc(-c2nc3n(n2)C(c2ccc(O)cc2)C(C(=O)Nc2ccccc2)=C(C)N3)c1. The molecule has 1 atom stereocenters. The summed E-state index contributed by atoms with van der Waals surface area (Å²) < 4.78 is 12.5. The summed E-state index contributed by atoms with van der Waals surface area (Å²) in [5, 5.41) is 20.8. The molecule has 4 aromatic rings. The summed E-state index contributed by atoms with van der Waals surface area (Å²) in [4.78, 5) is 18.2. The molecule has 0 bridgehead atoms. The van der Waals surface area contributed by atoms with Crippen LogP contribution in [0.25, 0.3) is 11.4 Å². The molecule has 3 aromatic carbocycles. The number of phenols is 1. The van der Waals surface area contributed by atoms with Gasteiger partial charge in [0.25, 0.3) is 5.91 Å². The fourth-order valence-corrected chi connectivity index (χ4v) is 4.19. The molecule has 182 valence electrons. The van der Waals surface area contributed by atoms with Crippen LogP contribution < -0.4 is 20.1 Å². The van der Waals surface area contributed by atoms with Crippen LogP contribution in [0.1, 0.15) is 18.5 Å². The van der Waals surface area contributed by atoms with Crippen molar-refractivity contribution in [3.63, 3.8) is 0 Å². The fourth-order valence-electron chi connectivity index (χ4n) is 4.19. The molecule has 3 N–H and O–H groups in total. The molecule has 0 radical (unpaired) electrons. The van der Waals surface area contributed by atoms with Gasteiger partial charge in [0.2, 0.25) is 5.95 Å². The van der Waals surface area contributed by atoms with E-state index in [0.29, 0.717) is 45.8 Å². The van der Waals surface area contributed by atoms with Crippen molar-refractivity contribution in [1.82, 2.24) is 14.8 Å². The van der Waals surface area contributed by atoms with E-state index in [2.05, 4.69) is 10.6 Å². The van der Waals surface area contributed by atoms with Crippen molar-refractivity contribution in [3.05, 3.63) is 89.6 Å². The number of carbonyl (C=O) groups excluding carboxylic acids is 1. The third-order valence-corrected chi connectivity index (χ3v) is 5.95. The maximum atomic E-state index is 13.5. The molecule has 0 saturated carbocycles. The smallest absolute Gasteiger partial charge is 0.255 e. The number of aromatic nitrogens is 3. The topological polar surface area (TPSA) is 111 Å². The lowest BCUT2D eigenvalue weighted by molar-refractivity contribution is -0.113. The van der Waals surface area contributed by atoms with Crippen LogP contribution >= 0.6 is 0 Å². The van der Waals surface area contributed by atoms with Crippen molar-refractivity contribution in [1.29, 1.82) is 0 Å². The molecule has 1 amide bonds. The Morgan fingerprint density at radius 1 is 1.00 bits per heavy atom. The van der Waals surface area contributed by atoms with Crippen LogP contribution in [-0.2, 0) is 4.79 Å². The van der Waals surface area contributed by atoms with Gasteiger partial charge in [-0.15, -0.1) is 5.10 Å². The number of methoxy groups -OCH3 is 2. The number of nitrogens with one attached hydrogen (secondary N) is 2. The number of carbonyl (C=O) groups is 1. The lowest BCUT2D eigenvalue weighted by Gasteiger charge is -2.28. The Morgan fingerprint density at radius 2 is 1.67 bits per heavy atom. The molecule has 9 heteroatoms. The Kier molecular flexibility index (Phi) is 6.03. The molecule has 1 aliphatic rings. The normalized spacial score (nSPS) is 14.6. The molecule has 0 fully saturated rings. The number of benzene rings is 3. The Labute approximate surface area is 208 Å². The van der Waals surface area contributed by atoms with Gasteiger partial charge in [0.15, 0.2) is 5.82 Å². The Hall–Kier alpha value is -4.79. The third-order valence-electron chi connectivity index (χ3n) is 5.95. The summed E-state index contributed by atoms with van der Waals surface area (Å²) in [5.41, 5.74) is 3.29. The van der Waals surface area contributed by atoms with Gasteiger partial charge in [0.05, 0.1) is 19.8 Å². The minimum absolute atomic E-state index is 0.131. The molecule has 0 spiro atoms. The zero-order chi connectivity index (χ0) is 25.2. The summed E-state index contributed by atoms with van der Waals surface area (Å²) in [5.74, 6) is 2.01. The first kappa shape index (κ1) is 23.0. The highest BCUT2D eigenvalue weighted by Gasteiger charge is 2.34. The van der Waals surface area contributed by atoms with E-state index in [1.165, 1.54) is 0 Å². The third kappa shape index (κ3) is 4.34. The van der Waals surface area contributed by atoms with Crippen molar-refractivity contribution >= 4 is 17.5 Å². The van der Waals surface area contributed by atoms with Crippen molar-refractivity contribution < 1.29 is 19.4 Å². The number of para-hydroxylation sites is 1. The number of hydrogen-bond donors (Lipinski definition) is 3. The van der Waals surface area contributed by atoms with E-state index in [-0.39, 0.29) is 11.7 Å². The van der Waals surface area contributed by atoms with Crippen LogP contribution in [0.2, 0.25) is 0 Å². The number of nitrogens with zero attached hydrogens (tertiary/aromatic N) is 3. The quantitative estimate of drug-likeness (QED) is 0.368. The zero-order valence-electron chi connectivity index (χ0n) is 20.0. The average molecular weight is 484 g/mol. The average Bonchev–Trinajstić information content (AvgIpc) is 3.32. The highest BCUT2D eigenvalue weighted by Crippen LogP contribution is 2.38. The molecule has 0 saturated heterocycles. The number of fused-ring (bicyclic) bond motifs is 1. The standard InChI is InChI=1S/C27H25N5O4/c1-16-23(26(34)29-19-7-5-4-6-8-19)24(17-9-11-20(33)12-10-17)32-27(28-16)30-25(31-32)18-13-21(35-2)15-22(14-18)36-3/h4-15,24,33H,1-3H3,(H,29,34)(H,28,30,31). The Balaban J connectivity index is 1.61. The van der Waals surface area contributed by atoms with Gasteiger partial charge in [-0.3, -0.25) is 4.79 Å². The van der Waals surface area contributed by atoms with Gasteiger partial charge in [0.1, 0.15) is 23.3 Å². The second kappa shape index (κ2) is 9.46. The zero-order valence-corrected chi connectivity index (χ0v) is 20.0. The first-order chi connectivity index (χ1) is 17.5.